The molecule has 0 spiro atoms. The average molecular weight is 262 g/mol. The lowest BCUT2D eigenvalue weighted by molar-refractivity contribution is -0.121. The molecule has 1 heterocycles. The van der Waals surface area contributed by atoms with Gasteiger partial charge in [0.2, 0.25) is 5.91 Å². The van der Waals surface area contributed by atoms with Crippen LogP contribution in [0.25, 0.3) is 0 Å². The van der Waals surface area contributed by atoms with Crippen molar-refractivity contribution in [3.63, 3.8) is 0 Å². The molecule has 0 aliphatic carbocycles. The van der Waals surface area contributed by atoms with Gasteiger partial charge in [0.25, 0.3) is 0 Å². The number of hydrogen-bond donors (Lipinski definition) is 3. The van der Waals surface area contributed by atoms with Gasteiger partial charge in [-0.25, -0.2) is 4.98 Å². The number of nitrogens with zero attached hydrogens (tertiary/aromatic N) is 3. The summed E-state index contributed by atoms with van der Waals surface area (Å²) in [6.07, 6.45) is 2.58. The summed E-state index contributed by atoms with van der Waals surface area (Å²) in [4.78, 5) is 32.8. The molecular formula is C8H15N4O4P. The summed E-state index contributed by atoms with van der Waals surface area (Å²) in [5.41, 5.74) is 0. The van der Waals surface area contributed by atoms with E-state index in [1.54, 1.807) is 6.92 Å². The SMILES string of the molecule is CCC(=O)NC(Cn1cncn1)CP(=O)(O)O. The van der Waals surface area contributed by atoms with Crippen LogP contribution < -0.4 is 5.32 Å². The van der Waals surface area contributed by atoms with Crippen molar-refractivity contribution in [1.82, 2.24) is 20.1 Å². The molecule has 0 aliphatic rings. The molecule has 8 nitrogen and oxygen atoms in total. The Morgan fingerprint density at radius 3 is 2.76 bits per heavy atom. The van der Waals surface area contributed by atoms with Gasteiger partial charge in [-0.05, 0) is 0 Å². The third-order valence-electron chi connectivity index (χ3n) is 2.02. The van der Waals surface area contributed by atoms with Gasteiger partial charge in [-0.1, -0.05) is 6.92 Å². The minimum absolute atomic E-state index is 0.177. The van der Waals surface area contributed by atoms with E-state index in [1.165, 1.54) is 17.3 Å². The van der Waals surface area contributed by atoms with Gasteiger partial charge in [0.1, 0.15) is 12.7 Å². The van der Waals surface area contributed by atoms with Crippen LogP contribution in [0.3, 0.4) is 0 Å². The standard InChI is InChI=1S/C8H15N4O4P/c1-2-8(13)11-7(4-17(14,15)16)3-12-6-9-5-10-12/h5-7H,2-4H2,1H3,(H,11,13)(H2,14,15,16). The van der Waals surface area contributed by atoms with Gasteiger partial charge in [0.15, 0.2) is 0 Å². The Bertz CT molecular complexity index is 402. The molecule has 0 fully saturated rings. The maximum absolute atomic E-state index is 11.2. The van der Waals surface area contributed by atoms with Gasteiger partial charge < -0.3 is 15.1 Å². The maximum Gasteiger partial charge on any atom is 0.327 e. The number of carbonyl (C=O) groups excluding carboxylic acids is 1. The van der Waals surface area contributed by atoms with Crippen molar-refractivity contribution in [2.24, 2.45) is 0 Å². The van der Waals surface area contributed by atoms with Crippen molar-refractivity contribution in [3.05, 3.63) is 12.7 Å². The number of amides is 1. The fourth-order valence-electron chi connectivity index (χ4n) is 1.32. The number of rotatable bonds is 6. The van der Waals surface area contributed by atoms with Crippen molar-refractivity contribution in [2.45, 2.75) is 25.9 Å². The molecule has 1 amide bonds. The molecule has 1 aromatic rings. The second-order valence-corrected chi connectivity index (χ2v) is 5.28. The molecule has 1 unspecified atom stereocenters. The molecular weight excluding hydrogens is 247 g/mol. The van der Waals surface area contributed by atoms with Gasteiger partial charge >= 0.3 is 7.60 Å². The Morgan fingerprint density at radius 1 is 1.59 bits per heavy atom. The number of hydrogen-bond acceptors (Lipinski definition) is 4. The van der Waals surface area contributed by atoms with E-state index in [0.29, 0.717) is 0 Å². The zero-order valence-electron chi connectivity index (χ0n) is 9.35. The van der Waals surface area contributed by atoms with Crippen molar-refractivity contribution >= 4 is 13.5 Å². The molecule has 9 heteroatoms. The van der Waals surface area contributed by atoms with E-state index in [4.69, 9.17) is 9.79 Å². The highest BCUT2D eigenvalue weighted by molar-refractivity contribution is 7.51. The average Bonchev–Trinajstić information content (AvgIpc) is 2.67. The molecule has 1 rings (SSSR count). The van der Waals surface area contributed by atoms with Gasteiger partial charge in [-0.15, -0.1) is 0 Å². The van der Waals surface area contributed by atoms with Crippen LogP contribution in [0.1, 0.15) is 13.3 Å². The van der Waals surface area contributed by atoms with E-state index >= 15 is 0 Å². The molecule has 96 valence electrons. The molecule has 17 heavy (non-hydrogen) atoms. The first-order valence-corrected chi connectivity index (χ1v) is 6.87. The zero-order chi connectivity index (χ0) is 12.9. The summed E-state index contributed by atoms with van der Waals surface area (Å²) in [7, 11) is -4.18. The molecule has 0 bridgehead atoms. The fraction of sp³-hybridized carbons (Fsp3) is 0.625. The highest BCUT2D eigenvalue weighted by atomic mass is 31.2. The van der Waals surface area contributed by atoms with Crippen LogP contribution in [-0.4, -0.2) is 42.7 Å². The molecule has 0 saturated heterocycles. The van der Waals surface area contributed by atoms with Crippen LogP contribution in [0.15, 0.2) is 12.7 Å². The van der Waals surface area contributed by atoms with Crippen molar-refractivity contribution in [1.29, 1.82) is 0 Å². The number of nitrogens with one attached hydrogen (secondary N) is 1. The number of carbonyl (C=O) groups is 1. The number of aromatic nitrogens is 3. The van der Waals surface area contributed by atoms with E-state index < -0.39 is 19.8 Å². The largest absolute Gasteiger partial charge is 0.351 e. The Kier molecular flexibility index (Phi) is 4.80. The minimum atomic E-state index is -4.18. The summed E-state index contributed by atoms with van der Waals surface area (Å²) in [5, 5.41) is 6.36. The molecule has 0 aromatic carbocycles. The van der Waals surface area contributed by atoms with Crippen LogP contribution in [0.5, 0.6) is 0 Å². The highest BCUT2D eigenvalue weighted by Gasteiger charge is 2.23. The smallest absolute Gasteiger partial charge is 0.327 e. The molecule has 0 aliphatic heterocycles. The van der Waals surface area contributed by atoms with Gasteiger partial charge in [-0.2, -0.15) is 5.10 Å². The summed E-state index contributed by atoms with van der Waals surface area (Å²) in [5.74, 6) is -0.261. The monoisotopic (exact) mass is 262 g/mol. The second-order valence-electron chi connectivity index (χ2n) is 3.58. The van der Waals surface area contributed by atoms with E-state index in [1.807, 2.05) is 0 Å². The van der Waals surface area contributed by atoms with Gasteiger partial charge in [0, 0.05) is 6.42 Å². The van der Waals surface area contributed by atoms with E-state index in [2.05, 4.69) is 15.4 Å². The zero-order valence-corrected chi connectivity index (χ0v) is 10.2. The van der Waals surface area contributed by atoms with Crippen LogP contribution in [0.4, 0.5) is 0 Å². The predicted octanol–water partition coefficient (Wildman–Crippen LogP) is -0.649. The minimum Gasteiger partial charge on any atom is -0.351 e. The van der Waals surface area contributed by atoms with Crippen molar-refractivity contribution in [2.75, 3.05) is 6.16 Å². The van der Waals surface area contributed by atoms with Crippen LogP contribution in [-0.2, 0) is 15.9 Å². The summed E-state index contributed by atoms with van der Waals surface area (Å²) >= 11 is 0. The first kappa shape index (κ1) is 13.8. The topological polar surface area (TPSA) is 117 Å². The van der Waals surface area contributed by atoms with Gasteiger partial charge in [0.05, 0.1) is 18.7 Å². The third-order valence-corrected chi connectivity index (χ3v) is 2.93. The Morgan fingerprint density at radius 2 is 2.29 bits per heavy atom. The van der Waals surface area contributed by atoms with E-state index in [-0.39, 0.29) is 18.9 Å². The molecule has 1 aromatic heterocycles. The van der Waals surface area contributed by atoms with E-state index in [0.717, 1.165) is 0 Å². The van der Waals surface area contributed by atoms with E-state index in [9.17, 15) is 9.36 Å². The highest BCUT2D eigenvalue weighted by Crippen LogP contribution is 2.35. The lowest BCUT2D eigenvalue weighted by Crippen LogP contribution is -2.40. The molecule has 0 saturated carbocycles. The van der Waals surface area contributed by atoms with Crippen molar-refractivity contribution < 1.29 is 19.1 Å². The third kappa shape index (κ3) is 5.58. The van der Waals surface area contributed by atoms with Gasteiger partial charge in [-0.3, -0.25) is 14.0 Å². The Labute approximate surface area is 98.2 Å². The summed E-state index contributed by atoms with van der Waals surface area (Å²) < 4.78 is 12.4. The molecule has 1 atom stereocenters. The molecule has 3 N–H and O–H groups in total. The van der Waals surface area contributed by atoms with Crippen LogP contribution >= 0.6 is 7.60 Å². The molecule has 0 radical (unpaired) electrons. The second kappa shape index (κ2) is 5.90. The first-order chi connectivity index (χ1) is 7.90. The summed E-state index contributed by atoms with van der Waals surface area (Å²) in [6.45, 7) is 1.84. The lowest BCUT2D eigenvalue weighted by Gasteiger charge is -2.18. The first-order valence-electron chi connectivity index (χ1n) is 5.07. The Balaban J connectivity index is 2.65. The van der Waals surface area contributed by atoms with Crippen LogP contribution in [0.2, 0.25) is 0 Å². The van der Waals surface area contributed by atoms with Crippen molar-refractivity contribution in [3.8, 4) is 0 Å². The quantitative estimate of drug-likeness (QED) is 0.586. The summed E-state index contributed by atoms with van der Waals surface area (Å²) in [6, 6.07) is -0.662. The van der Waals surface area contributed by atoms with Crippen LogP contribution in [0, 0.1) is 0 Å². The maximum atomic E-state index is 11.2. The fourth-order valence-corrected chi connectivity index (χ4v) is 2.10. The lowest BCUT2D eigenvalue weighted by atomic mass is 10.3. The predicted molar refractivity (Wildman–Crippen MR) is 59.2 cm³/mol. The normalized spacial score (nSPS) is 13.4. The Hall–Kier alpha value is -1.24.